The normalized spacial score (nSPS) is 11.0. The second-order valence-electron chi connectivity index (χ2n) is 6.72. The van der Waals surface area contributed by atoms with Crippen LogP contribution in [0, 0.1) is 0 Å². The molecule has 3 heterocycles. The number of amides is 1. The van der Waals surface area contributed by atoms with Crippen molar-refractivity contribution < 1.29 is 4.79 Å². The van der Waals surface area contributed by atoms with E-state index in [0.29, 0.717) is 17.1 Å². The van der Waals surface area contributed by atoms with E-state index in [9.17, 15) is 14.4 Å². The molecule has 0 aliphatic rings. The summed E-state index contributed by atoms with van der Waals surface area (Å²) in [4.78, 5) is 45.7. The molecule has 152 valence electrons. The van der Waals surface area contributed by atoms with Gasteiger partial charge in [0.2, 0.25) is 0 Å². The SMILES string of the molecule is O=C(Nc1ccccc1-c1cn2ccsc2n1)c1cc(=O)n(-c2ccccc2)c(=O)[nH]1. The molecule has 8 nitrogen and oxygen atoms in total. The van der Waals surface area contributed by atoms with E-state index in [1.165, 1.54) is 11.3 Å². The Labute approximate surface area is 179 Å². The summed E-state index contributed by atoms with van der Waals surface area (Å²) in [5, 5.41) is 4.71. The van der Waals surface area contributed by atoms with Gasteiger partial charge in [-0.05, 0) is 18.2 Å². The van der Waals surface area contributed by atoms with Gasteiger partial charge in [0.25, 0.3) is 11.5 Å². The van der Waals surface area contributed by atoms with Gasteiger partial charge in [-0.25, -0.2) is 14.3 Å². The summed E-state index contributed by atoms with van der Waals surface area (Å²) < 4.78 is 2.88. The first kappa shape index (κ1) is 18.8. The van der Waals surface area contributed by atoms with Crippen LogP contribution in [-0.2, 0) is 0 Å². The maximum atomic E-state index is 12.8. The number of para-hydroxylation sites is 2. The highest BCUT2D eigenvalue weighted by molar-refractivity contribution is 7.15. The molecular weight excluding hydrogens is 414 g/mol. The monoisotopic (exact) mass is 429 g/mol. The number of H-pyrrole nitrogens is 1. The fraction of sp³-hybridized carbons (Fsp3) is 0. The van der Waals surface area contributed by atoms with E-state index in [-0.39, 0.29) is 5.69 Å². The second-order valence-corrected chi connectivity index (χ2v) is 7.59. The molecule has 0 unspecified atom stereocenters. The van der Waals surface area contributed by atoms with Gasteiger partial charge in [-0.3, -0.25) is 14.0 Å². The predicted octanol–water partition coefficient (Wildman–Crippen LogP) is 3.15. The van der Waals surface area contributed by atoms with Crippen LogP contribution in [-0.4, -0.2) is 24.8 Å². The van der Waals surface area contributed by atoms with E-state index in [1.54, 1.807) is 42.5 Å². The molecule has 2 N–H and O–H groups in total. The summed E-state index contributed by atoms with van der Waals surface area (Å²) in [5.74, 6) is -0.595. The molecule has 5 rings (SSSR count). The Balaban J connectivity index is 1.48. The lowest BCUT2D eigenvalue weighted by atomic mass is 10.1. The van der Waals surface area contributed by atoms with E-state index in [0.717, 1.165) is 21.2 Å². The highest BCUT2D eigenvalue weighted by Gasteiger charge is 2.16. The van der Waals surface area contributed by atoms with Crippen LogP contribution in [0.15, 0.2) is 88.0 Å². The van der Waals surface area contributed by atoms with Crippen molar-refractivity contribution in [2.24, 2.45) is 0 Å². The van der Waals surface area contributed by atoms with Crippen molar-refractivity contribution in [3.8, 4) is 16.9 Å². The quantitative estimate of drug-likeness (QED) is 0.458. The van der Waals surface area contributed by atoms with Crippen molar-refractivity contribution in [1.82, 2.24) is 18.9 Å². The number of nitrogens with one attached hydrogen (secondary N) is 2. The van der Waals surface area contributed by atoms with Crippen LogP contribution in [0.1, 0.15) is 10.5 Å². The first-order valence-corrected chi connectivity index (χ1v) is 10.2. The lowest BCUT2D eigenvalue weighted by Crippen LogP contribution is -2.35. The third kappa shape index (κ3) is 3.47. The minimum absolute atomic E-state index is 0.122. The average molecular weight is 429 g/mol. The third-order valence-electron chi connectivity index (χ3n) is 4.74. The minimum Gasteiger partial charge on any atom is -0.320 e. The molecule has 0 aliphatic carbocycles. The Bertz CT molecular complexity index is 1470. The largest absolute Gasteiger partial charge is 0.333 e. The predicted molar refractivity (Wildman–Crippen MR) is 119 cm³/mol. The fourth-order valence-corrected chi connectivity index (χ4v) is 4.00. The van der Waals surface area contributed by atoms with Crippen molar-refractivity contribution in [3.05, 3.63) is 105 Å². The van der Waals surface area contributed by atoms with Crippen molar-refractivity contribution in [2.45, 2.75) is 0 Å². The summed E-state index contributed by atoms with van der Waals surface area (Å²) in [6.45, 7) is 0. The van der Waals surface area contributed by atoms with E-state index < -0.39 is 17.2 Å². The summed E-state index contributed by atoms with van der Waals surface area (Å²) in [6.07, 6.45) is 3.78. The molecule has 5 aromatic rings. The molecule has 0 bridgehead atoms. The number of fused-ring (bicyclic) bond motifs is 1. The molecule has 31 heavy (non-hydrogen) atoms. The highest BCUT2D eigenvalue weighted by atomic mass is 32.1. The number of benzene rings is 2. The van der Waals surface area contributed by atoms with Gasteiger partial charge in [-0.15, -0.1) is 11.3 Å². The first-order valence-electron chi connectivity index (χ1n) is 9.35. The summed E-state index contributed by atoms with van der Waals surface area (Å²) >= 11 is 1.51. The van der Waals surface area contributed by atoms with Gasteiger partial charge in [0.15, 0.2) is 4.96 Å². The lowest BCUT2D eigenvalue weighted by molar-refractivity contribution is 0.102. The highest BCUT2D eigenvalue weighted by Crippen LogP contribution is 2.28. The van der Waals surface area contributed by atoms with Crippen LogP contribution in [0.5, 0.6) is 0 Å². The maximum Gasteiger partial charge on any atom is 0.333 e. The molecule has 1 amide bonds. The molecule has 3 aromatic heterocycles. The van der Waals surface area contributed by atoms with Crippen molar-refractivity contribution in [3.63, 3.8) is 0 Å². The Kier molecular flexibility index (Phi) is 4.57. The fourth-order valence-electron chi connectivity index (χ4n) is 3.30. The number of rotatable bonds is 4. The van der Waals surface area contributed by atoms with Crippen LogP contribution in [0.3, 0.4) is 0 Å². The van der Waals surface area contributed by atoms with Gasteiger partial charge >= 0.3 is 5.69 Å². The van der Waals surface area contributed by atoms with Gasteiger partial charge in [-0.1, -0.05) is 36.4 Å². The number of carbonyl (C=O) groups excluding carboxylic acids is 1. The molecule has 0 spiro atoms. The number of nitrogens with zero attached hydrogens (tertiary/aromatic N) is 3. The molecule has 0 saturated heterocycles. The second kappa shape index (κ2) is 7.54. The van der Waals surface area contributed by atoms with Crippen LogP contribution >= 0.6 is 11.3 Å². The number of anilines is 1. The molecule has 0 radical (unpaired) electrons. The van der Waals surface area contributed by atoms with E-state index in [4.69, 9.17) is 0 Å². The Morgan fingerprint density at radius 2 is 1.81 bits per heavy atom. The number of carbonyl (C=O) groups is 1. The number of aromatic amines is 1. The van der Waals surface area contributed by atoms with Crippen molar-refractivity contribution in [1.29, 1.82) is 0 Å². The third-order valence-corrected chi connectivity index (χ3v) is 5.51. The average Bonchev–Trinajstić information content (AvgIpc) is 3.37. The first-order chi connectivity index (χ1) is 15.1. The van der Waals surface area contributed by atoms with Gasteiger partial charge in [0.05, 0.1) is 17.1 Å². The zero-order valence-corrected chi connectivity index (χ0v) is 16.8. The van der Waals surface area contributed by atoms with Crippen LogP contribution < -0.4 is 16.6 Å². The molecule has 0 saturated carbocycles. The zero-order valence-electron chi connectivity index (χ0n) is 16.0. The van der Waals surface area contributed by atoms with Crippen LogP contribution in [0.2, 0.25) is 0 Å². The number of hydrogen-bond acceptors (Lipinski definition) is 5. The number of imidazole rings is 1. The van der Waals surface area contributed by atoms with Gasteiger partial charge in [0, 0.05) is 29.4 Å². The maximum absolute atomic E-state index is 12.8. The van der Waals surface area contributed by atoms with Crippen LogP contribution in [0.25, 0.3) is 21.9 Å². The molecular formula is C22H15N5O3S. The van der Waals surface area contributed by atoms with Gasteiger partial charge in [0.1, 0.15) is 5.69 Å². The Hall–Kier alpha value is -4.24. The lowest BCUT2D eigenvalue weighted by Gasteiger charge is -2.10. The topological polar surface area (TPSA) is 101 Å². The smallest absolute Gasteiger partial charge is 0.320 e. The standard InChI is InChI=1S/C22H15N5O3S/c28-19-12-17(24-21(30)27(19)14-6-2-1-3-7-14)20(29)23-16-9-5-4-8-15(16)18-13-26-10-11-31-22(26)25-18/h1-13H,(H,23,29)(H,24,30). The van der Waals surface area contributed by atoms with E-state index >= 15 is 0 Å². The number of thiazole rings is 1. The summed E-state index contributed by atoms with van der Waals surface area (Å²) in [6, 6.07) is 16.8. The Morgan fingerprint density at radius 3 is 2.58 bits per heavy atom. The molecule has 9 heteroatoms. The van der Waals surface area contributed by atoms with E-state index in [2.05, 4.69) is 15.3 Å². The van der Waals surface area contributed by atoms with Crippen molar-refractivity contribution >= 4 is 27.9 Å². The van der Waals surface area contributed by atoms with Crippen molar-refractivity contribution in [2.75, 3.05) is 5.32 Å². The van der Waals surface area contributed by atoms with E-state index in [1.807, 2.05) is 34.3 Å². The Morgan fingerprint density at radius 1 is 1.03 bits per heavy atom. The number of hydrogen-bond donors (Lipinski definition) is 2. The summed E-state index contributed by atoms with van der Waals surface area (Å²) in [5.41, 5.74) is 0.969. The molecule has 0 fully saturated rings. The van der Waals surface area contributed by atoms with Gasteiger partial charge < -0.3 is 10.3 Å². The summed E-state index contributed by atoms with van der Waals surface area (Å²) in [7, 11) is 0. The minimum atomic E-state index is -0.688. The number of aromatic nitrogens is 4. The van der Waals surface area contributed by atoms with Gasteiger partial charge in [-0.2, -0.15) is 0 Å². The zero-order chi connectivity index (χ0) is 21.4. The molecule has 2 aromatic carbocycles. The molecule has 0 atom stereocenters. The molecule has 0 aliphatic heterocycles. The van der Waals surface area contributed by atoms with Crippen LogP contribution in [0.4, 0.5) is 5.69 Å².